The number of ether oxygens (including phenoxy) is 1. The number of aliphatic hydroxyl groups excluding tert-OH is 1. The lowest BCUT2D eigenvalue weighted by molar-refractivity contribution is 0.0606. The lowest BCUT2D eigenvalue weighted by Crippen LogP contribution is -2.38. The van der Waals surface area contributed by atoms with Crippen LogP contribution in [0.4, 0.5) is 0 Å². The predicted molar refractivity (Wildman–Crippen MR) is 81.9 cm³/mol. The Morgan fingerprint density at radius 2 is 2.05 bits per heavy atom. The number of aliphatic hydroxyl groups is 1. The van der Waals surface area contributed by atoms with Crippen LogP contribution in [0.2, 0.25) is 0 Å². The summed E-state index contributed by atoms with van der Waals surface area (Å²) >= 11 is 4.20. The summed E-state index contributed by atoms with van der Waals surface area (Å²) in [6, 6.07) is 1.12. The van der Waals surface area contributed by atoms with Gasteiger partial charge in [-0.1, -0.05) is 0 Å². The summed E-state index contributed by atoms with van der Waals surface area (Å²) in [6.07, 6.45) is 2.04. The van der Waals surface area contributed by atoms with Crippen LogP contribution in [-0.4, -0.2) is 38.7 Å². The van der Waals surface area contributed by atoms with E-state index in [1.807, 2.05) is 0 Å². The number of hydrogen-bond donors (Lipinski definition) is 2. The van der Waals surface area contributed by atoms with Crippen LogP contribution >= 0.6 is 27.3 Å². The summed E-state index contributed by atoms with van der Waals surface area (Å²) in [5.41, 5.74) is 0. The van der Waals surface area contributed by atoms with Gasteiger partial charge in [-0.3, -0.25) is 0 Å². The van der Waals surface area contributed by atoms with Crippen molar-refractivity contribution >= 4 is 43.3 Å². The van der Waals surface area contributed by atoms with Gasteiger partial charge >= 0.3 is 5.97 Å². The predicted octanol–water partition coefficient (Wildman–Crippen LogP) is 1.88. The summed E-state index contributed by atoms with van der Waals surface area (Å²) < 4.78 is 32.3. The first-order valence-corrected chi connectivity index (χ1v) is 9.51. The Hall–Kier alpha value is -0.480. The highest BCUT2D eigenvalue weighted by atomic mass is 79.9. The summed E-state index contributed by atoms with van der Waals surface area (Å²) in [4.78, 5) is 11.7. The van der Waals surface area contributed by atoms with Crippen LogP contribution in [0.1, 0.15) is 35.4 Å². The number of halogens is 1. The number of carbonyl (C=O) groups is 1. The molecule has 0 aliphatic heterocycles. The van der Waals surface area contributed by atoms with Crippen molar-refractivity contribution in [3.63, 3.8) is 0 Å². The van der Waals surface area contributed by atoms with E-state index in [0.29, 0.717) is 29.5 Å². The van der Waals surface area contributed by atoms with Gasteiger partial charge in [0.15, 0.2) is 0 Å². The highest BCUT2D eigenvalue weighted by Crippen LogP contribution is 2.32. The molecule has 0 amide bonds. The summed E-state index contributed by atoms with van der Waals surface area (Å²) in [7, 11) is -2.46. The molecule has 21 heavy (non-hydrogen) atoms. The van der Waals surface area contributed by atoms with Gasteiger partial charge in [-0.15, -0.1) is 11.3 Å². The second kappa shape index (κ2) is 6.74. The fourth-order valence-corrected chi connectivity index (χ4v) is 6.00. The van der Waals surface area contributed by atoms with Crippen LogP contribution in [0.25, 0.3) is 0 Å². The normalized spacial score (nSPS) is 23.0. The SMILES string of the molecule is COC(=O)c1cc(S(=O)(=O)NC2CCC(O)CC2)c(Br)s1. The van der Waals surface area contributed by atoms with Gasteiger partial charge in [0.1, 0.15) is 9.77 Å². The van der Waals surface area contributed by atoms with Crippen LogP contribution in [0.3, 0.4) is 0 Å². The molecule has 118 valence electrons. The molecule has 1 heterocycles. The Morgan fingerprint density at radius 1 is 1.43 bits per heavy atom. The molecule has 0 aromatic carbocycles. The van der Waals surface area contributed by atoms with E-state index in [9.17, 15) is 18.3 Å². The Bertz CT molecular complexity index is 620. The number of hydrogen-bond acceptors (Lipinski definition) is 6. The molecule has 1 aromatic rings. The monoisotopic (exact) mass is 397 g/mol. The molecule has 1 aliphatic carbocycles. The van der Waals surface area contributed by atoms with Crippen molar-refractivity contribution in [2.75, 3.05) is 7.11 Å². The topological polar surface area (TPSA) is 92.7 Å². The molecule has 6 nitrogen and oxygen atoms in total. The van der Waals surface area contributed by atoms with Gasteiger partial charge in [0.25, 0.3) is 0 Å². The quantitative estimate of drug-likeness (QED) is 0.756. The molecular formula is C12H16BrNO5S2. The van der Waals surface area contributed by atoms with E-state index in [-0.39, 0.29) is 21.9 Å². The van der Waals surface area contributed by atoms with Gasteiger partial charge in [0, 0.05) is 6.04 Å². The van der Waals surface area contributed by atoms with Crippen molar-refractivity contribution in [2.45, 2.75) is 42.7 Å². The number of carbonyl (C=O) groups excluding carboxylic acids is 1. The first kappa shape index (κ1) is 16.9. The van der Waals surface area contributed by atoms with Crippen LogP contribution in [0.5, 0.6) is 0 Å². The van der Waals surface area contributed by atoms with Crippen molar-refractivity contribution in [2.24, 2.45) is 0 Å². The van der Waals surface area contributed by atoms with E-state index < -0.39 is 16.0 Å². The van der Waals surface area contributed by atoms with Crippen molar-refractivity contribution in [1.29, 1.82) is 0 Å². The maximum absolute atomic E-state index is 12.4. The first-order chi connectivity index (χ1) is 9.83. The van der Waals surface area contributed by atoms with Gasteiger partial charge < -0.3 is 9.84 Å². The van der Waals surface area contributed by atoms with Crippen LogP contribution in [-0.2, 0) is 14.8 Å². The van der Waals surface area contributed by atoms with Crippen molar-refractivity contribution in [1.82, 2.24) is 4.72 Å². The smallest absolute Gasteiger partial charge is 0.348 e. The van der Waals surface area contributed by atoms with E-state index in [2.05, 4.69) is 25.4 Å². The van der Waals surface area contributed by atoms with E-state index in [0.717, 1.165) is 11.3 Å². The molecule has 1 saturated carbocycles. The largest absolute Gasteiger partial charge is 0.465 e. The molecule has 0 atom stereocenters. The Labute approximate surface area is 135 Å². The van der Waals surface area contributed by atoms with Crippen LogP contribution < -0.4 is 4.72 Å². The summed E-state index contributed by atoms with van der Waals surface area (Å²) in [5, 5.41) is 9.44. The zero-order chi connectivity index (χ0) is 15.6. The second-order valence-electron chi connectivity index (χ2n) is 4.87. The second-order valence-corrected chi connectivity index (χ2v) is 8.92. The highest BCUT2D eigenvalue weighted by Gasteiger charge is 2.28. The van der Waals surface area contributed by atoms with Crippen LogP contribution in [0, 0.1) is 0 Å². The molecule has 9 heteroatoms. The van der Waals surface area contributed by atoms with Gasteiger partial charge in [-0.2, -0.15) is 0 Å². The fraction of sp³-hybridized carbons (Fsp3) is 0.583. The molecule has 2 N–H and O–H groups in total. The maximum Gasteiger partial charge on any atom is 0.348 e. The van der Waals surface area contributed by atoms with Crippen LogP contribution in [0.15, 0.2) is 14.7 Å². The third-order valence-electron chi connectivity index (χ3n) is 3.35. The molecule has 1 fully saturated rings. The van der Waals surface area contributed by atoms with Crippen molar-refractivity contribution in [3.8, 4) is 0 Å². The molecule has 0 bridgehead atoms. The highest BCUT2D eigenvalue weighted by molar-refractivity contribution is 9.11. The standard InChI is InChI=1S/C12H16BrNO5S2/c1-19-12(16)9-6-10(11(13)20-9)21(17,18)14-7-2-4-8(15)5-3-7/h6-8,14-15H,2-5H2,1H3. The van der Waals surface area contributed by atoms with E-state index in [1.54, 1.807) is 0 Å². The van der Waals surface area contributed by atoms with Crippen molar-refractivity contribution in [3.05, 3.63) is 14.7 Å². The molecule has 1 aromatic heterocycles. The lowest BCUT2D eigenvalue weighted by atomic mass is 9.94. The molecule has 1 aliphatic rings. The minimum atomic E-state index is -3.70. The minimum absolute atomic E-state index is 0.0408. The van der Waals surface area contributed by atoms with Gasteiger partial charge in [-0.05, 0) is 47.7 Å². The van der Waals surface area contributed by atoms with Crippen molar-refractivity contribution < 1.29 is 23.1 Å². The average molecular weight is 398 g/mol. The number of thiophene rings is 1. The Kier molecular flexibility index (Phi) is 5.42. The third kappa shape index (κ3) is 4.04. The Balaban J connectivity index is 2.16. The fourth-order valence-electron chi connectivity index (χ4n) is 2.21. The molecule has 2 rings (SSSR count). The molecule has 0 unspecified atom stereocenters. The van der Waals surface area contributed by atoms with E-state index in [4.69, 9.17) is 0 Å². The number of rotatable bonds is 4. The summed E-state index contributed by atoms with van der Waals surface area (Å²) in [6.45, 7) is 0. The number of esters is 1. The lowest BCUT2D eigenvalue weighted by Gasteiger charge is -2.25. The Morgan fingerprint density at radius 3 is 2.62 bits per heavy atom. The number of nitrogens with one attached hydrogen (secondary N) is 1. The minimum Gasteiger partial charge on any atom is -0.465 e. The zero-order valence-corrected chi connectivity index (χ0v) is 14.6. The van der Waals surface area contributed by atoms with Gasteiger partial charge in [0.2, 0.25) is 10.0 Å². The van der Waals surface area contributed by atoms with E-state index >= 15 is 0 Å². The zero-order valence-electron chi connectivity index (χ0n) is 11.3. The van der Waals surface area contributed by atoms with E-state index in [1.165, 1.54) is 13.2 Å². The molecular weight excluding hydrogens is 382 g/mol. The first-order valence-electron chi connectivity index (χ1n) is 6.41. The van der Waals surface area contributed by atoms with Gasteiger partial charge in [0.05, 0.1) is 17.0 Å². The summed E-state index contributed by atoms with van der Waals surface area (Å²) in [5.74, 6) is -0.567. The average Bonchev–Trinajstić information content (AvgIpc) is 2.83. The maximum atomic E-state index is 12.4. The molecule has 0 spiro atoms. The molecule has 0 radical (unpaired) electrons. The molecule has 0 saturated heterocycles. The third-order valence-corrected chi connectivity index (χ3v) is 7.10. The number of methoxy groups -OCH3 is 1. The number of sulfonamides is 1. The van der Waals surface area contributed by atoms with Gasteiger partial charge in [-0.25, -0.2) is 17.9 Å².